The molecule has 0 saturated carbocycles. The molecule has 2 aromatic carbocycles. The lowest BCUT2D eigenvalue weighted by atomic mass is 9.98. The van der Waals surface area contributed by atoms with E-state index in [2.05, 4.69) is 20.8 Å². The van der Waals surface area contributed by atoms with Gasteiger partial charge in [0.2, 0.25) is 11.0 Å². The second kappa shape index (κ2) is 10.4. The van der Waals surface area contributed by atoms with Crippen molar-refractivity contribution < 1.29 is 14.3 Å². The molecule has 0 spiro atoms. The molecule has 7 nitrogen and oxygen atoms in total. The van der Waals surface area contributed by atoms with Crippen molar-refractivity contribution in [3.05, 3.63) is 59.1 Å². The molecule has 0 fully saturated rings. The molecule has 31 heavy (non-hydrogen) atoms. The van der Waals surface area contributed by atoms with Crippen LogP contribution in [0.25, 0.3) is 10.6 Å². The van der Waals surface area contributed by atoms with Crippen LogP contribution in [0.2, 0.25) is 5.02 Å². The van der Waals surface area contributed by atoms with E-state index in [0.717, 1.165) is 5.56 Å². The van der Waals surface area contributed by atoms with E-state index in [4.69, 9.17) is 16.3 Å². The van der Waals surface area contributed by atoms with Crippen LogP contribution in [-0.4, -0.2) is 35.2 Å². The maximum atomic E-state index is 13.0. The third kappa shape index (κ3) is 5.80. The molecule has 0 aliphatic heterocycles. The number of nitrogens with one attached hydrogen (secondary N) is 2. The summed E-state index contributed by atoms with van der Waals surface area (Å²) in [5, 5.41) is 15.5. The van der Waals surface area contributed by atoms with Gasteiger partial charge in [0, 0.05) is 16.1 Å². The molecule has 162 valence electrons. The number of rotatable bonds is 8. The summed E-state index contributed by atoms with van der Waals surface area (Å²) >= 11 is 7.17. The van der Waals surface area contributed by atoms with Crippen molar-refractivity contribution in [3.8, 4) is 16.3 Å². The number of halogens is 1. The number of nitrogens with zero attached hydrogens (tertiary/aromatic N) is 2. The number of ether oxygens (including phenoxy) is 1. The Labute approximate surface area is 189 Å². The molecule has 2 N–H and O–H groups in total. The molecular formula is C22H23ClN4O3S. The maximum absolute atomic E-state index is 13.0. The number of carbonyl (C=O) groups is 2. The summed E-state index contributed by atoms with van der Waals surface area (Å²) in [5.41, 5.74) is 1.27. The zero-order valence-electron chi connectivity index (χ0n) is 17.4. The molecular weight excluding hydrogens is 436 g/mol. The summed E-state index contributed by atoms with van der Waals surface area (Å²) in [6.07, 6.45) is 0.711. The number of aromatic nitrogens is 2. The summed E-state index contributed by atoms with van der Waals surface area (Å²) in [5.74, 6) is -0.207. The normalized spacial score (nSPS) is 12.6. The largest absolute Gasteiger partial charge is 0.497 e. The van der Waals surface area contributed by atoms with E-state index >= 15 is 0 Å². The first-order valence-corrected chi connectivity index (χ1v) is 11.0. The predicted octanol–water partition coefficient (Wildman–Crippen LogP) is 4.65. The highest BCUT2D eigenvalue weighted by Crippen LogP contribution is 2.27. The van der Waals surface area contributed by atoms with Gasteiger partial charge in [0.25, 0.3) is 5.91 Å². The zero-order chi connectivity index (χ0) is 22.4. The first-order valence-electron chi connectivity index (χ1n) is 9.76. The number of amides is 2. The van der Waals surface area contributed by atoms with Gasteiger partial charge in [0.1, 0.15) is 16.8 Å². The summed E-state index contributed by atoms with van der Waals surface area (Å²) in [6, 6.07) is 13.3. The molecule has 0 saturated heterocycles. The average molecular weight is 459 g/mol. The molecule has 3 aromatic rings. The van der Waals surface area contributed by atoms with Gasteiger partial charge in [0.15, 0.2) is 0 Å². The van der Waals surface area contributed by atoms with Crippen molar-refractivity contribution in [2.24, 2.45) is 5.92 Å². The van der Waals surface area contributed by atoms with Crippen LogP contribution in [0.3, 0.4) is 0 Å². The van der Waals surface area contributed by atoms with Crippen molar-refractivity contribution in [2.75, 3.05) is 12.4 Å². The minimum absolute atomic E-state index is 0.0850. The topological polar surface area (TPSA) is 93.2 Å². The van der Waals surface area contributed by atoms with E-state index < -0.39 is 6.04 Å². The Hall–Kier alpha value is -2.97. The van der Waals surface area contributed by atoms with E-state index in [-0.39, 0.29) is 17.7 Å². The number of methoxy groups -OCH3 is 1. The number of hydrogen-bond donors (Lipinski definition) is 2. The molecule has 0 bridgehead atoms. The van der Waals surface area contributed by atoms with Gasteiger partial charge < -0.3 is 10.1 Å². The molecule has 0 radical (unpaired) electrons. The summed E-state index contributed by atoms with van der Waals surface area (Å²) in [6.45, 7) is 3.88. The van der Waals surface area contributed by atoms with Crippen LogP contribution in [0.15, 0.2) is 48.5 Å². The molecule has 0 aliphatic rings. The second-order valence-electron chi connectivity index (χ2n) is 6.98. The van der Waals surface area contributed by atoms with Gasteiger partial charge in [-0.05, 0) is 36.2 Å². The Morgan fingerprint density at radius 2 is 1.90 bits per heavy atom. The zero-order valence-corrected chi connectivity index (χ0v) is 19.0. The number of hydrogen-bond acceptors (Lipinski definition) is 6. The molecule has 9 heteroatoms. The fraction of sp³-hybridized carbons (Fsp3) is 0.273. The molecule has 2 amide bonds. The molecule has 1 heterocycles. The Bertz CT molecular complexity index is 1050. The van der Waals surface area contributed by atoms with Crippen LogP contribution in [-0.2, 0) is 4.79 Å². The smallest absolute Gasteiger partial charge is 0.252 e. The Morgan fingerprint density at radius 3 is 2.58 bits per heavy atom. The van der Waals surface area contributed by atoms with Gasteiger partial charge in [-0.25, -0.2) is 0 Å². The summed E-state index contributed by atoms with van der Waals surface area (Å²) in [4.78, 5) is 25.7. The summed E-state index contributed by atoms with van der Waals surface area (Å²) in [7, 11) is 1.53. The van der Waals surface area contributed by atoms with Gasteiger partial charge in [-0.3, -0.25) is 14.9 Å². The SMILES string of the molecule is CCC(C)C(NC(=O)c1cccc(OC)c1)C(=O)Nc1nnc(-c2ccc(Cl)cc2)s1. The maximum Gasteiger partial charge on any atom is 0.252 e. The lowest BCUT2D eigenvalue weighted by Crippen LogP contribution is -2.47. The molecule has 0 aliphatic carbocycles. The predicted molar refractivity (Wildman–Crippen MR) is 123 cm³/mol. The van der Waals surface area contributed by atoms with Crippen LogP contribution in [0.1, 0.15) is 30.6 Å². The molecule has 2 unspecified atom stereocenters. The van der Waals surface area contributed by atoms with Gasteiger partial charge in [-0.1, -0.05) is 61.4 Å². The minimum atomic E-state index is -0.730. The third-order valence-electron chi connectivity index (χ3n) is 4.86. The van der Waals surface area contributed by atoms with Crippen molar-refractivity contribution in [2.45, 2.75) is 26.3 Å². The van der Waals surface area contributed by atoms with Gasteiger partial charge in [0.05, 0.1) is 7.11 Å². The Kier molecular flexibility index (Phi) is 7.59. The van der Waals surface area contributed by atoms with E-state index in [1.165, 1.54) is 18.4 Å². The highest BCUT2D eigenvalue weighted by atomic mass is 35.5. The minimum Gasteiger partial charge on any atom is -0.497 e. The van der Waals surface area contributed by atoms with Gasteiger partial charge >= 0.3 is 0 Å². The lowest BCUT2D eigenvalue weighted by Gasteiger charge is -2.23. The third-order valence-corrected chi connectivity index (χ3v) is 6.00. The monoisotopic (exact) mass is 458 g/mol. The van der Waals surface area contributed by atoms with Crippen LogP contribution in [0, 0.1) is 5.92 Å². The van der Waals surface area contributed by atoms with Gasteiger partial charge in [-0.2, -0.15) is 0 Å². The van der Waals surface area contributed by atoms with Crippen molar-refractivity contribution >= 4 is 39.9 Å². The Morgan fingerprint density at radius 1 is 1.16 bits per heavy atom. The van der Waals surface area contributed by atoms with Crippen molar-refractivity contribution in [1.29, 1.82) is 0 Å². The van der Waals surface area contributed by atoms with Crippen LogP contribution < -0.4 is 15.4 Å². The second-order valence-corrected chi connectivity index (χ2v) is 8.39. The van der Waals surface area contributed by atoms with Gasteiger partial charge in [-0.15, -0.1) is 10.2 Å². The fourth-order valence-corrected chi connectivity index (χ4v) is 3.73. The molecule has 3 rings (SSSR count). The van der Waals surface area contributed by atoms with E-state index in [9.17, 15) is 9.59 Å². The quantitative estimate of drug-likeness (QED) is 0.512. The van der Waals surface area contributed by atoms with Crippen LogP contribution in [0.4, 0.5) is 5.13 Å². The highest BCUT2D eigenvalue weighted by molar-refractivity contribution is 7.18. The first kappa shape index (κ1) is 22.7. The lowest BCUT2D eigenvalue weighted by molar-refractivity contribution is -0.119. The average Bonchev–Trinajstić information content (AvgIpc) is 3.25. The summed E-state index contributed by atoms with van der Waals surface area (Å²) < 4.78 is 5.17. The fourth-order valence-electron chi connectivity index (χ4n) is 2.86. The van der Waals surface area contributed by atoms with Crippen molar-refractivity contribution in [1.82, 2.24) is 15.5 Å². The standard InChI is InChI=1S/C22H23ClN4O3S/c1-4-13(2)18(24-19(28)15-6-5-7-17(12-15)30-3)20(29)25-22-27-26-21(31-22)14-8-10-16(23)11-9-14/h5-13,18H,4H2,1-3H3,(H,24,28)(H,25,27,29). The first-order chi connectivity index (χ1) is 14.9. The van der Waals surface area contributed by atoms with Crippen LogP contribution in [0.5, 0.6) is 5.75 Å². The molecule has 1 aromatic heterocycles. The highest BCUT2D eigenvalue weighted by Gasteiger charge is 2.27. The van der Waals surface area contributed by atoms with E-state index in [0.29, 0.717) is 32.9 Å². The number of benzene rings is 2. The Balaban J connectivity index is 1.73. The number of carbonyl (C=O) groups excluding carboxylic acids is 2. The molecule has 2 atom stereocenters. The number of anilines is 1. The van der Waals surface area contributed by atoms with Crippen molar-refractivity contribution in [3.63, 3.8) is 0 Å². The van der Waals surface area contributed by atoms with E-state index in [1.807, 2.05) is 26.0 Å². The van der Waals surface area contributed by atoms with E-state index in [1.54, 1.807) is 36.4 Å². The van der Waals surface area contributed by atoms with Crippen LogP contribution >= 0.6 is 22.9 Å².